The van der Waals surface area contributed by atoms with E-state index in [4.69, 9.17) is 9.47 Å². The average molecular weight is 392 g/mol. The van der Waals surface area contributed by atoms with Crippen molar-refractivity contribution >= 4 is 22.0 Å². The zero-order valence-electron chi connectivity index (χ0n) is 13.0. The first-order chi connectivity index (χ1) is 11.7. The fraction of sp³-hybridized carbons (Fsp3) is 0.278. The molecule has 0 spiro atoms. The van der Waals surface area contributed by atoms with Crippen molar-refractivity contribution in [2.24, 2.45) is 0 Å². The normalized spacial score (nSPS) is 16.8. The van der Waals surface area contributed by atoms with Crippen molar-refractivity contribution in [2.75, 3.05) is 19.8 Å². The van der Waals surface area contributed by atoms with Crippen LogP contribution in [0.15, 0.2) is 53.0 Å². The van der Waals surface area contributed by atoms with Gasteiger partial charge in [0, 0.05) is 10.0 Å². The molecule has 1 unspecified atom stereocenters. The number of rotatable bonds is 3. The lowest BCUT2D eigenvalue weighted by atomic mass is 10.1. The largest absolute Gasteiger partial charge is 0.491 e. The van der Waals surface area contributed by atoms with E-state index in [2.05, 4.69) is 15.9 Å². The third kappa shape index (κ3) is 3.71. The molecule has 0 fully saturated rings. The molecule has 1 atom stereocenters. The second kappa shape index (κ2) is 7.68. The summed E-state index contributed by atoms with van der Waals surface area (Å²) in [4.78, 5) is 14.0. The summed E-state index contributed by atoms with van der Waals surface area (Å²) in [5.74, 6) is 0.668. The lowest BCUT2D eigenvalue weighted by molar-refractivity contribution is 0.0630. The molecule has 2 aromatic carbocycles. The van der Waals surface area contributed by atoms with Crippen molar-refractivity contribution in [3.63, 3.8) is 0 Å². The molecule has 2 aromatic rings. The van der Waals surface area contributed by atoms with Gasteiger partial charge in [-0.15, -0.1) is 0 Å². The summed E-state index contributed by atoms with van der Waals surface area (Å²) in [6, 6.07) is 14.6. The Morgan fingerprint density at radius 3 is 2.83 bits per heavy atom. The third-order valence-corrected chi connectivity index (χ3v) is 4.41. The lowest BCUT2D eigenvalue weighted by Crippen LogP contribution is -2.38. The number of benzene rings is 2. The number of aliphatic hydroxyl groups is 1. The van der Waals surface area contributed by atoms with Crippen LogP contribution in [0.2, 0.25) is 0 Å². The average Bonchev–Trinajstić information content (AvgIpc) is 2.79. The Morgan fingerprint density at radius 2 is 2.08 bits per heavy atom. The van der Waals surface area contributed by atoms with Crippen LogP contribution in [0.25, 0.3) is 0 Å². The number of halogens is 1. The predicted octanol–water partition coefficient (Wildman–Crippen LogP) is 3.51. The maximum absolute atomic E-state index is 12.5. The van der Waals surface area contributed by atoms with Crippen LogP contribution >= 0.6 is 15.9 Å². The summed E-state index contributed by atoms with van der Waals surface area (Å²) in [5.41, 5.74) is 1.69. The number of aliphatic hydroxyl groups excluding tert-OH is 1. The smallest absolute Gasteiger partial charge is 0.410 e. The molecule has 0 radical (unpaired) electrons. The molecule has 24 heavy (non-hydrogen) atoms. The molecule has 0 aromatic heterocycles. The minimum absolute atomic E-state index is 0.196. The molecule has 0 aliphatic carbocycles. The van der Waals surface area contributed by atoms with Crippen molar-refractivity contribution in [3.8, 4) is 5.75 Å². The van der Waals surface area contributed by atoms with Gasteiger partial charge in [-0.25, -0.2) is 4.79 Å². The van der Waals surface area contributed by atoms with Crippen LogP contribution in [0.4, 0.5) is 4.79 Å². The van der Waals surface area contributed by atoms with Gasteiger partial charge in [0.1, 0.15) is 19.0 Å². The Hall–Kier alpha value is -2.05. The number of amides is 1. The van der Waals surface area contributed by atoms with E-state index in [1.165, 1.54) is 4.90 Å². The Balaban J connectivity index is 1.76. The van der Waals surface area contributed by atoms with E-state index >= 15 is 0 Å². The predicted molar refractivity (Wildman–Crippen MR) is 92.8 cm³/mol. The summed E-state index contributed by atoms with van der Waals surface area (Å²) >= 11 is 3.40. The lowest BCUT2D eigenvalue weighted by Gasteiger charge is -2.27. The molecule has 1 aliphatic heterocycles. The molecule has 6 heteroatoms. The highest BCUT2D eigenvalue weighted by atomic mass is 79.9. The van der Waals surface area contributed by atoms with Crippen LogP contribution < -0.4 is 4.74 Å². The molecule has 1 aliphatic rings. The molecule has 1 N–H and O–H groups in total. The van der Waals surface area contributed by atoms with E-state index in [9.17, 15) is 9.90 Å². The van der Waals surface area contributed by atoms with Crippen LogP contribution in [0.5, 0.6) is 5.75 Å². The van der Waals surface area contributed by atoms with Crippen molar-refractivity contribution < 1.29 is 19.4 Å². The van der Waals surface area contributed by atoms with Crippen LogP contribution in [0.3, 0.4) is 0 Å². The van der Waals surface area contributed by atoms with Crippen LogP contribution in [-0.2, 0) is 11.3 Å². The molecule has 1 amide bonds. The van der Waals surface area contributed by atoms with Crippen LogP contribution in [0.1, 0.15) is 17.2 Å². The minimum Gasteiger partial charge on any atom is -0.491 e. The van der Waals surface area contributed by atoms with Crippen LogP contribution in [-0.4, -0.2) is 35.9 Å². The minimum atomic E-state index is -0.487. The van der Waals surface area contributed by atoms with Crippen molar-refractivity contribution in [1.29, 1.82) is 0 Å². The second-order valence-corrected chi connectivity index (χ2v) is 6.38. The van der Waals surface area contributed by atoms with Gasteiger partial charge in [0.2, 0.25) is 0 Å². The summed E-state index contributed by atoms with van der Waals surface area (Å²) in [5, 5.41) is 9.82. The first-order valence-corrected chi connectivity index (χ1v) is 8.49. The quantitative estimate of drug-likeness (QED) is 0.869. The molecule has 126 valence electrons. The van der Waals surface area contributed by atoms with Gasteiger partial charge in [-0.3, -0.25) is 4.90 Å². The highest BCUT2D eigenvalue weighted by Gasteiger charge is 2.30. The fourth-order valence-electron chi connectivity index (χ4n) is 2.70. The van der Waals surface area contributed by atoms with Gasteiger partial charge in [0.15, 0.2) is 0 Å². The molecular formula is C18H18BrNO4. The monoisotopic (exact) mass is 391 g/mol. The van der Waals surface area contributed by atoms with Crippen molar-refractivity contribution in [2.45, 2.75) is 12.6 Å². The van der Waals surface area contributed by atoms with Gasteiger partial charge in [0.25, 0.3) is 0 Å². The van der Waals surface area contributed by atoms with Gasteiger partial charge in [-0.2, -0.15) is 0 Å². The summed E-state index contributed by atoms with van der Waals surface area (Å²) < 4.78 is 12.0. The Morgan fingerprint density at radius 1 is 1.29 bits per heavy atom. The van der Waals surface area contributed by atoms with E-state index in [-0.39, 0.29) is 13.2 Å². The fourth-order valence-corrected chi connectivity index (χ4v) is 3.04. The standard InChI is InChI=1S/C18H18BrNO4/c19-14-6-7-15-16(11-21)20(8-9-23-17(15)10-14)18(22)24-12-13-4-2-1-3-5-13/h1-7,10,16,21H,8-9,11-12H2. The number of hydrogen-bond donors (Lipinski definition) is 1. The molecule has 1 heterocycles. The van der Waals surface area contributed by atoms with Crippen LogP contribution in [0, 0.1) is 0 Å². The van der Waals surface area contributed by atoms with E-state index < -0.39 is 12.1 Å². The highest BCUT2D eigenvalue weighted by molar-refractivity contribution is 9.10. The topological polar surface area (TPSA) is 59.0 Å². The first-order valence-electron chi connectivity index (χ1n) is 7.69. The molecular weight excluding hydrogens is 374 g/mol. The first kappa shape index (κ1) is 16.8. The maximum atomic E-state index is 12.5. The van der Waals surface area contributed by atoms with E-state index in [0.717, 1.165) is 15.6 Å². The Kier molecular flexibility index (Phi) is 5.37. The van der Waals surface area contributed by atoms with Gasteiger partial charge < -0.3 is 14.6 Å². The molecule has 0 bridgehead atoms. The summed E-state index contributed by atoms with van der Waals surface area (Å²) in [7, 11) is 0. The zero-order chi connectivity index (χ0) is 16.9. The van der Waals surface area contributed by atoms with Gasteiger partial charge in [0.05, 0.1) is 19.2 Å². The Bertz CT molecular complexity index is 707. The van der Waals surface area contributed by atoms with Crippen molar-refractivity contribution in [3.05, 3.63) is 64.1 Å². The number of fused-ring (bicyclic) bond motifs is 1. The molecule has 5 nitrogen and oxygen atoms in total. The second-order valence-electron chi connectivity index (χ2n) is 5.46. The summed E-state index contributed by atoms with van der Waals surface area (Å²) in [6.07, 6.45) is -0.461. The number of nitrogens with zero attached hydrogens (tertiary/aromatic N) is 1. The number of carbonyl (C=O) groups excluding carboxylic acids is 1. The number of hydrogen-bond acceptors (Lipinski definition) is 4. The SMILES string of the molecule is O=C(OCc1ccccc1)N1CCOc2cc(Br)ccc2C1CO. The maximum Gasteiger partial charge on any atom is 0.410 e. The number of ether oxygens (including phenoxy) is 2. The Labute approximate surface area is 148 Å². The van der Waals surface area contributed by atoms with Gasteiger partial charge >= 0.3 is 6.09 Å². The van der Waals surface area contributed by atoms with E-state index in [0.29, 0.717) is 18.9 Å². The third-order valence-electron chi connectivity index (χ3n) is 3.91. The molecule has 0 saturated heterocycles. The van der Waals surface area contributed by atoms with E-state index in [1.54, 1.807) is 0 Å². The van der Waals surface area contributed by atoms with Gasteiger partial charge in [-0.05, 0) is 17.7 Å². The van der Waals surface area contributed by atoms with Crippen molar-refractivity contribution in [1.82, 2.24) is 4.90 Å². The number of carbonyl (C=O) groups is 1. The molecule has 3 rings (SSSR count). The highest BCUT2D eigenvalue weighted by Crippen LogP contribution is 2.34. The molecule has 0 saturated carbocycles. The zero-order valence-corrected chi connectivity index (χ0v) is 14.6. The van der Waals surface area contributed by atoms with E-state index in [1.807, 2.05) is 48.5 Å². The van der Waals surface area contributed by atoms with Gasteiger partial charge in [-0.1, -0.05) is 52.3 Å². The summed E-state index contributed by atoms with van der Waals surface area (Å²) in [6.45, 7) is 0.701.